The van der Waals surface area contributed by atoms with Crippen LogP contribution < -0.4 is 5.73 Å². The van der Waals surface area contributed by atoms with Crippen molar-refractivity contribution in [1.29, 1.82) is 0 Å². The molecule has 0 aromatic heterocycles. The molecule has 2 aliphatic carbocycles. The highest BCUT2D eigenvalue weighted by Crippen LogP contribution is 2.31. The van der Waals surface area contributed by atoms with Crippen LogP contribution >= 0.6 is 0 Å². The number of hydrogen-bond donors (Lipinski definition) is 1. The van der Waals surface area contributed by atoms with Gasteiger partial charge in [-0.1, -0.05) is 24.5 Å². The standard InChI is InChI=1S/C11H19N/c12-11-6-5-10(8-11)7-9-3-1-2-4-9/h7,9,11H,1-6,8,12H2. The second kappa shape index (κ2) is 3.61. The molecule has 0 spiro atoms. The minimum absolute atomic E-state index is 0.470. The van der Waals surface area contributed by atoms with Gasteiger partial charge in [-0.25, -0.2) is 0 Å². The largest absolute Gasteiger partial charge is 0.327 e. The van der Waals surface area contributed by atoms with Crippen molar-refractivity contribution in [1.82, 2.24) is 0 Å². The van der Waals surface area contributed by atoms with E-state index < -0.39 is 0 Å². The van der Waals surface area contributed by atoms with Gasteiger partial charge in [0.1, 0.15) is 0 Å². The molecule has 0 heterocycles. The summed E-state index contributed by atoms with van der Waals surface area (Å²) in [5.74, 6) is 0.908. The van der Waals surface area contributed by atoms with E-state index in [1.165, 1.54) is 44.9 Å². The van der Waals surface area contributed by atoms with E-state index >= 15 is 0 Å². The highest BCUT2D eigenvalue weighted by Gasteiger charge is 2.18. The van der Waals surface area contributed by atoms with E-state index in [-0.39, 0.29) is 0 Å². The first-order valence-corrected chi connectivity index (χ1v) is 5.30. The van der Waals surface area contributed by atoms with Crippen molar-refractivity contribution in [3.8, 4) is 0 Å². The summed E-state index contributed by atoms with van der Waals surface area (Å²) < 4.78 is 0. The van der Waals surface area contributed by atoms with Crippen LogP contribution in [-0.2, 0) is 0 Å². The summed E-state index contributed by atoms with van der Waals surface area (Å²) >= 11 is 0. The minimum atomic E-state index is 0.470. The maximum Gasteiger partial charge on any atom is 0.00791 e. The SMILES string of the molecule is NC1CCC(=CC2CCCC2)C1. The van der Waals surface area contributed by atoms with Crippen molar-refractivity contribution >= 4 is 0 Å². The molecule has 1 unspecified atom stereocenters. The molecule has 2 rings (SSSR count). The number of allylic oxidation sites excluding steroid dienone is 1. The molecule has 0 bridgehead atoms. The summed E-state index contributed by atoms with van der Waals surface area (Å²) in [5.41, 5.74) is 7.51. The highest BCUT2D eigenvalue weighted by atomic mass is 14.6. The zero-order valence-corrected chi connectivity index (χ0v) is 7.76. The molecular formula is C11H19N. The normalized spacial score (nSPS) is 35.1. The molecule has 2 N–H and O–H groups in total. The van der Waals surface area contributed by atoms with Gasteiger partial charge in [-0.05, 0) is 38.0 Å². The topological polar surface area (TPSA) is 26.0 Å². The highest BCUT2D eigenvalue weighted by molar-refractivity contribution is 5.11. The second-order valence-corrected chi connectivity index (χ2v) is 4.37. The third-order valence-corrected chi connectivity index (χ3v) is 3.23. The molecule has 0 saturated heterocycles. The Hall–Kier alpha value is -0.300. The van der Waals surface area contributed by atoms with E-state index in [4.69, 9.17) is 5.73 Å². The summed E-state index contributed by atoms with van der Waals surface area (Å²) in [5, 5.41) is 0. The Balaban J connectivity index is 1.90. The van der Waals surface area contributed by atoms with Crippen LogP contribution in [0.4, 0.5) is 0 Å². The predicted molar refractivity (Wildman–Crippen MR) is 51.9 cm³/mol. The summed E-state index contributed by atoms with van der Waals surface area (Å²) in [7, 11) is 0. The summed E-state index contributed by atoms with van der Waals surface area (Å²) in [4.78, 5) is 0. The summed E-state index contributed by atoms with van der Waals surface area (Å²) in [6.45, 7) is 0. The van der Waals surface area contributed by atoms with Crippen LogP contribution in [0.25, 0.3) is 0 Å². The Labute approximate surface area is 75.0 Å². The van der Waals surface area contributed by atoms with Crippen LogP contribution in [0.3, 0.4) is 0 Å². The van der Waals surface area contributed by atoms with Crippen molar-refractivity contribution in [2.45, 2.75) is 51.0 Å². The van der Waals surface area contributed by atoms with Gasteiger partial charge in [0.25, 0.3) is 0 Å². The molecule has 1 atom stereocenters. The van der Waals surface area contributed by atoms with Gasteiger partial charge in [0.15, 0.2) is 0 Å². The van der Waals surface area contributed by atoms with Gasteiger partial charge in [-0.2, -0.15) is 0 Å². The lowest BCUT2D eigenvalue weighted by molar-refractivity contribution is 0.675. The zero-order chi connectivity index (χ0) is 8.39. The Morgan fingerprint density at radius 1 is 1.17 bits per heavy atom. The van der Waals surface area contributed by atoms with Gasteiger partial charge in [0.2, 0.25) is 0 Å². The Morgan fingerprint density at radius 3 is 2.50 bits per heavy atom. The van der Waals surface area contributed by atoms with Gasteiger partial charge < -0.3 is 5.73 Å². The lowest BCUT2D eigenvalue weighted by Gasteiger charge is -2.03. The van der Waals surface area contributed by atoms with Gasteiger partial charge >= 0.3 is 0 Å². The van der Waals surface area contributed by atoms with Gasteiger partial charge in [-0.15, -0.1) is 0 Å². The first-order chi connectivity index (χ1) is 5.84. The molecular weight excluding hydrogens is 146 g/mol. The second-order valence-electron chi connectivity index (χ2n) is 4.37. The predicted octanol–water partition coefficient (Wildman–Crippen LogP) is 2.61. The number of hydrogen-bond acceptors (Lipinski definition) is 1. The molecule has 1 heteroatoms. The van der Waals surface area contributed by atoms with Gasteiger partial charge in [0, 0.05) is 6.04 Å². The Bertz CT molecular complexity index is 177. The average Bonchev–Trinajstić information content (AvgIpc) is 2.63. The zero-order valence-electron chi connectivity index (χ0n) is 7.76. The molecule has 2 fully saturated rings. The van der Waals surface area contributed by atoms with E-state index in [1.807, 2.05) is 0 Å². The first-order valence-electron chi connectivity index (χ1n) is 5.30. The maximum atomic E-state index is 5.86. The molecule has 1 nitrogen and oxygen atoms in total. The van der Waals surface area contributed by atoms with E-state index in [2.05, 4.69) is 6.08 Å². The molecule has 0 aromatic rings. The van der Waals surface area contributed by atoms with Crippen LogP contribution in [0, 0.1) is 5.92 Å². The number of nitrogens with two attached hydrogens (primary N) is 1. The lowest BCUT2D eigenvalue weighted by atomic mass is 10.0. The molecule has 2 saturated carbocycles. The molecule has 0 aromatic carbocycles. The summed E-state index contributed by atoms with van der Waals surface area (Å²) in [6, 6.07) is 0.470. The van der Waals surface area contributed by atoms with Crippen LogP contribution in [0.15, 0.2) is 11.6 Å². The van der Waals surface area contributed by atoms with Crippen LogP contribution in [-0.4, -0.2) is 6.04 Å². The maximum absolute atomic E-state index is 5.86. The van der Waals surface area contributed by atoms with Crippen molar-refractivity contribution in [3.05, 3.63) is 11.6 Å². The van der Waals surface area contributed by atoms with Crippen LogP contribution in [0.5, 0.6) is 0 Å². The van der Waals surface area contributed by atoms with Crippen molar-refractivity contribution < 1.29 is 0 Å². The van der Waals surface area contributed by atoms with E-state index in [1.54, 1.807) is 5.57 Å². The fourth-order valence-electron chi connectivity index (χ4n) is 2.52. The van der Waals surface area contributed by atoms with E-state index in [0.717, 1.165) is 5.92 Å². The number of rotatable bonds is 1. The third kappa shape index (κ3) is 1.89. The smallest absolute Gasteiger partial charge is 0.00791 e. The van der Waals surface area contributed by atoms with Crippen LogP contribution in [0.2, 0.25) is 0 Å². The molecule has 0 amide bonds. The fraction of sp³-hybridized carbons (Fsp3) is 0.818. The lowest BCUT2D eigenvalue weighted by Crippen LogP contribution is -2.13. The molecule has 12 heavy (non-hydrogen) atoms. The van der Waals surface area contributed by atoms with Crippen LogP contribution in [0.1, 0.15) is 44.9 Å². The molecule has 2 aliphatic rings. The summed E-state index contributed by atoms with van der Waals surface area (Å²) in [6.07, 6.45) is 11.9. The van der Waals surface area contributed by atoms with Crippen molar-refractivity contribution in [2.24, 2.45) is 11.7 Å². The van der Waals surface area contributed by atoms with Crippen molar-refractivity contribution in [2.75, 3.05) is 0 Å². The van der Waals surface area contributed by atoms with Crippen molar-refractivity contribution in [3.63, 3.8) is 0 Å². The van der Waals surface area contributed by atoms with E-state index in [9.17, 15) is 0 Å². The Kier molecular flexibility index (Phi) is 2.50. The third-order valence-electron chi connectivity index (χ3n) is 3.23. The molecule has 0 radical (unpaired) electrons. The first kappa shape index (κ1) is 8.31. The molecule has 68 valence electrons. The monoisotopic (exact) mass is 165 g/mol. The minimum Gasteiger partial charge on any atom is -0.327 e. The quantitative estimate of drug-likeness (QED) is 0.594. The van der Waals surface area contributed by atoms with Gasteiger partial charge in [-0.3, -0.25) is 0 Å². The Morgan fingerprint density at radius 2 is 1.92 bits per heavy atom. The van der Waals surface area contributed by atoms with Gasteiger partial charge in [0.05, 0.1) is 0 Å². The van der Waals surface area contributed by atoms with E-state index in [0.29, 0.717) is 6.04 Å². The fourth-order valence-corrected chi connectivity index (χ4v) is 2.52. The molecule has 0 aliphatic heterocycles. The average molecular weight is 165 g/mol.